The van der Waals surface area contributed by atoms with Crippen molar-refractivity contribution >= 4 is 11.9 Å². The number of methoxy groups -OCH3 is 1. The first-order chi connectivity index (χ1) is 12.1. The van der Waals surface area contributed by atoms with Crippen LogP contribution >= 0.6 is 0 Å². The Bertz CT molecular complexity index is 927. The average molecular weight is 336 g/mol. The maximum atomic E-state index is 14.1. The molecular weight excluding hydrogens is 319 g/mol. The molecule has 5 heteroatoms. The molecule has 1 N–H and O–H groups in total. The fourth-order valence-electron chi connectivity index (χ4n) is 2.37. The van der Waals surface area contributed by atoms with Crippen molar-refractivity contribution in [2.75, 3.05) is 7.11 Å². The normalized spacial score (nSPS) is 11.0. The predicted octanol–water partition coefficient (Wildman–Crippen LogP) is 4.43. The van der Waals surface area contributed by atoms with Crippen LogP contribution in [0, 0.1) is 12.7 Å². The Balaban J connectivity index is 1.77. The van der Waals surface area contributed by atoms with Crippen LogP contribution in [0.4, 0.5) is 4.39 Å². The van der Waals surface area contributed by atoms with Gasteiger partial charge in [0.2, 0.25) is 0 Å². The number of ketones is 1. The highest BCUT2D eigenvalue weighted by Crippen LogP contribution is 2.25. The van der Waals surface area contributed by atoms with E-state index in [1.54, 1.807) is 36.4 Å². The molecule has 3 aromatic rings. The van der Waals surface area contributed by atoms with Crippen molar-refractivity contribution in [3.05, 3.63) is 77.2 Å². The van der Waals surface area contributed by atoms with Crippen molar-refractivity contribution < 1.29 is 13.9 Å². The number of ether oxygens (including phenoxy) is 1. The standard InChI is InChI=1S/C20H17FN2O2/c1-13-3-5-14(6-4-13)20(24)10-7-15-11-19(23-22-15)17-9-8-16(25-2)12-18(17)21/h3-12H,1-2H3,(H,22,23)/b10-7+. The smallest absolute Gasteiger partial charge is 0.185 e. The second kappa shape index (κ2) is 7.13. The van der Waals surface area contributed by atoms with E-state index in [4.69, 9.17) is 4.74 Å². The summed E-state index contributed by atoms with van der Waals surface area (Å²) in [5.41, 5.74) is 3.15. The molecule has 0 saturated carbocycles. The first kappa shape index (κ1) is 16.6. The third-order valence-corrected chi connectivity index (χ3v) is 3.80. The molecule has 0 aliphatic rings. The molecule has 0 radical (unpaired) electrons. The van der Waals surface area contributed by atoms with Crippen LogP contribution < -0.4 is 4.74 Å². The number of aryl methyl sites for hydroxylation is 1. The molecule has 0 spiro atoms. The lowest BCUT2D eigenvalue weighted by Crippen LogP contribution is -1.93. The summed E-state index contributed by atoms with van der Waals surface area (Å²) in [6.45, 7) is 1.97. The highest BCUT2D eigenvalue weighted by Gasteiger charge is 2.10. The van der Waals surface area contributed by atoms with Gasteiger partial charge in [0.05, 0.1) is 18.5 Å². The first-order valence-electron chi connectivity index (χ1n) is 7.75. The zero-order chi connectivity index (χ0) is 17.8. The minimum absolute atomic E-state index is 0.105. The summed E-state index contributed by atoms with van der Waals surface area (Å²) in [6.07, 6.45) is 3.09. The second-order valence-electron chi connectivity index (χ2n) is 5.62. The largest absolute Gasteiger partial charge is 0.497 e. The number of aromatic nitrogens is 2. The molecule has 0 atom stereocenters. The van der Waals surface area contributed by atoms with E-state index in [0.717, 1.165) is 5.56 Å². The number of carbonyl (C=O) groups is 1. The molecular formula is C20H17FN2O2. The summed E-state index contributed by atoms with van der Waals surface area (Å²) in [7, 11) is 1.48. The lowest BCUT2D eigenvalue weighted by atomic mass is 10.1. The van der Waals surface area contributed by atoms with Gasteiger partial charge in [-0.05, 0) is 37.3 Å². The molecule has 4 nitrogen and oxygen atoms in total. The fraction of sp³-hybridized carbons (Fsp3) is 0.100. The van der Waals surface area contributed by atoms with Crippen LogP contribution in [0.1, 0.15) is 21.6 Å². The molecule has 3 rings (SSSR count). The molecule has 25 heavy (non-hydrogen) atoms. The van der Waals surface area contributed by atoms with Gasteiger partial charge in [0.1, 0.15) is 11.6 Å². The van der Waals surface area contributed by atoms with Gasteiger partial charge in [-0.1, -0.05) is 29.8 Å². The maximum absolute atomic E-state index is 14.1. The van der Waals surface area contributed by atoms with E-state index in [9.17, 15) is 9.18 Å². The van der Waals surface area contributed by atoms with Gasteiger partial charge in [0.25, 0.3) is 0 Å². The molecule has 0 aliphatic heterocycles. The number of H-pyrrole nitrogens is 1. The Morgan fingerprint density at radius 2 is 1.92 bits per heavy atom. The number of rotatable bonds is 5. The summed E-state index contributed by atoms with van der Waals surface area (Å²) < 4.78 is 19.1. The lowest BCUT2D eigenvalue weighted by Gasteiger charge is -2.02. The number of nitrogens with zero attached hydrogens (tertiary/aromatic N) is 1. The van der Waals surface area contributed by atoms with Crippen molar-refractivity contribution in [2.24, 2.45) is 0 Å². The van der Waals surface area contributed by atoms with Gasteiger partial charge < -0.3 is 4.74 Å². The number of halogens is 1. The van der Waals surface area contributed by atoms with Crippen LogP contribution in [0.3, 0.4) is 0 Å². The van der Waals surface area contributed by atoms with Gasteiger partial charge in [-0.15, -0.1) is 0 Å². The monoisotopic (exact) mass is 336 g/mol. The molecule has 0 amide bonds. The molecule has 0 unspecified atom stereocenters. The molecule has 1 heterocycles. The number of aromatic amines is 1. The Morgan fingerprint density at radius 1 is 1.16 bits per heavy atom. The van der Waals surface area contributed by atoms with E-state index < -0.39 is 5.82 Å². The zero-order valence-corrected chi connectivity index (χ0v) is 13.9. The number of benzene rings is 2. The fourth-order valence-corrected chi connectivity index (χ4v) is 2.37. The Labute approximate surface area is 145 Å². The predicted molar refractivity (Wildman–Crippen MR) is 95.1 cm³/mol. The van der Waals surface area contributed by atoms with Crippen LogP contribution in [-0.4, -0.2) is 23.1 Å². The van der Waals surface area contributed by atoms with Crippen LogP contribution in [0.2, 0.25) is 0 Å². The van der Waals surface area contributed by atoms with Crippen molar-refractivity contribution in [3.63, 3.8) is 0 Å². The van der Waals surface area contributed by atoms with Gasteiger partial charge >= 0.3 is 0 Å². The van der Waals surface area contributed by atoms with Crippen molar-refractivity contribution in [1.29, 1.82) is 0 Å². The van der Waals surface area contributed by atoms with Crippen LogP contribution in [0.25, 0.3) is 17.3 Å². The van der Waals surface area contributed by atoms with Gasteiger partial charge in [-0.2, -0.15) is 5.10 Å². The maximum Gasteiger partial charge on any atom is 0.185 e. The molecule has 0 bridgehead atoms. The van der Waals surface area contributed by atoms with Gasteiger partial charge in [0.15, 0.2) is 5.78 Å². The highest BCUT2D eigenvalue weighted by molar-refractivity contribution is 6.06. The summed E-state index contributed by atoms with van der Waals surface area (Å²) >= 11 is 0. The summed E-state index contributed by atoms with van der Waals surface area (Å²) in [5, 5.41) is 6.89. The topological polar surface area (TPSA) is 55.0 Å². The molecule has 1 aromatic heterocycles. The highest BCUT2D eigenvalue weighted by atomic mass is 19.1. The Morgan fingerprint density at radius 3 is 2.60 bits per heavy atom. The number of carbonyl (C=O) groups excluding carboxylic acids is 1. The van der Waals surface area contributed by atoms with E-state index in [0.29, 0.717) is 28.3 Å². The zero-order valence-electron chi connectivity index (χ0n) is 13.9. The van der Waals surface area contributed by atoms with Crippen LogP contribution in [0.5, 0.6) is 5.75 Å². The SMILES string of the molecule is COc1ccc(-c2cc(/C=C/C(=O)c3ccc(C)cc3)[nH]n2)c(F)c1. The second-order valence-corrected chi connectivity index (χ2v) is 5.62. The van der Waals surface area contributed by atoms with E-state index >= 15 is 0 Å². The minimum atomic E-state index is -0.419. The van der Waals surface area contributed by atoms with E-state index in [2.05, 4.69) is 10.2 Å². The first-order valence-corrected chi connectivity index (χ1v) is 7.75. The molecule has 2 aromatic carbocycles. The third kappa shape index (κ3) is 3.83. The van der Waals surface area contributed by atoms with Gasteiger partial charge in [-0.25, -0.2) is 4.39 Å². The molecule has 0 aliphatic carbocycles. The van der Waals surface area contributed by atoms with Crippen molar-refractivity contribution in [3.8, 4) is 17.0 Å². The minimum Gasteiger partial charge on any atom is -0.497 e. The summed E-state index contributed by atoms with van der Waals surface area (Å²) in [4.78, 5) is 12.1. The molecule has 0 saturated heterocycles. The third-order valence-electron chi connectivity index (χ3n) is 3.80. The number of hydrogen-bond acceptors (Lipinski definition) is 3. The molecule has 0 fully saturated rings. The summed E-state index contributed by atoms with van der Waals surface area (Å²) in [5.74, 6) is -0.0792. The average Bonchev–Trinajstić information content (AvgIpc) is 3.08. The van der Waals surface area contributed by atoms with Crippen LogP contribution in [-0.2, 0) is 0 Å². The van der Waals surface area contributed by atoms with Crippen LogP contribution in [0.15, 0.2) is 54.6 Å². The number of allylic oxidation sites excluding steroid dienone is 1. The van der Waals surface area contributed by atoms with Crippen molar-refractivity contribution in [1.82, 2.24) is 10.2 Å². The summed E-state index contributed by atoms with van der Waals surface area (Å²) in [6, 6.07) is 13.6. The van der Waals surface area contributed by atoms with Gasteiger partial charge in [0, 0.05) is 17.2 Å². The quantitative estimate of drug-likeness (QED) is 0.554. The van der Waals surface area contributed by atoms with E-state index in [1.807, 2.05) is 19.1 Å². The Hall–Kier alpha value is -3.21. The van der Waals surface area contributed by atoms with Crippen molar-refractivity contribution in [2.45, 2.75) is 6.92 Å². The number of hydrogen-bond donors (Lipinski definition) is 1. The van der Waals surface area contributed by atoms with E-state index in [1.165, 1.54) is 19.3 Å². The Kier molecular flexibility index (Phi) is 4.75. The lowest BCUT2D eigenvalue weighted by molar-refractivity contribution is 0.104. The number of nitrogens with one attached hydrogen (secondary N) is 1. The van der Waals surface area contributed by atoms with Gasteiger partial charge in [-0.3, -0.25) is 9.89 Å². The molecule has 126 valence electrons. The van der Waals surface area contributed by atoms with E-state index in [-0.39, 0.29) is 5.78 Å².